The fraction of sp³-hybridized carbons (Fsp3) is 0.579. The summed E-state index contributed by atoms with van der Waals surface area (Å²) in [6, 6.07) is 5.72. The van der Waals surface area contributed by atoms with Crippen molar-refractivity contribution in [1.82, 2.24) is 15.5 Å². The van der Waals surface area contributed by atoms with E-state index in [-0.39, 0.29) is 12.8 Å². The summed E-state index contributed by atoms with van der Waals surface area (Å²) in [6.07, 6.45) is 1.82. The molecule has 0 aliphatic carbocycles. The van der Waals surface area contributed by atoms with E-state index < -0.39 is 11.8 Å². The number of benzene rings is 1. The number of unbranched alkanes of at least 4 members (excludes halogenated alkanes) is 1. The Hall–Kier alpha value is -2.32. The van der Waals surface area contributed by atoms with Gasteiger partial charge in [-0.1, -0.05) is 19.4 Å². The van der Waals surface area contributed by atoms with Crippen molar-refractivity contribution in [2.24, 2.45) is 0 Å². The molecule has 148 valence electrons. The first-order valence-electron chi connectivity index (χ1n) is 9.46. The Labute approximate surface area is 159 Å². The molecule has 1 atom stereocenters. The molecule has 0 radical (unpaired) electrons. The second kappa shape index (κ2) is 9.57. The van der Waals surface area contributed by atoms with Gasteiger partial charge in [0.05, 0.1) is 19.3 Å². The first-order chi connectivity index (χ1) is 13.2. The standard InChI is InChI=1S/C19H27N3O5/c1-2-3-6-20-18(23)19(24)21-12-15(22-7-9-25-10-8-22)14-4-5-16-17(11-14)27-13-26-16/h4-5,11,15H,2-3,6-10,12-13H2,1H3,(H,20,23)(H,21,24). The van der Waals surface area contributed by atoms with Crippen LogP contribution in [-0.4, -0.2) is 62.9 Å². The van der Waals surface area contributed by atoms with Crippen LogP contribution in [0.1, 0.15) is 31.4 Å². The first kappa shape index (κ1) is 19.4. The Bertz CT molecular complexity index is 661. The summed E-state index contributed by atoms with van der Waals surface area (Å²) in [7, 11) is 0. The van der Waals surface area contributed by atoms with Crippen molar-refractivity contribution in [1.29, 1.82) is 0 Å². The van der Waals surface area contributed by atoms with Gasteiger partial charge in [-0.3, -0.25) is 14.5 Å². The highest BCUT2D eigenvalue weighted by Gasteiger charge is 2.26. The third kappa shape index (κ3) is 5.11. The van der Waals surface area contributed by atoms with Gasteiger partial charge in [-0.15, -0.1) is 0 Å². The minimum absolute atomic E-state index is 0.0733. The normalized spacial score (nSPS) is 17.4. The van der Waals surface area contributed by atoms with Gasteiger partial charge in [-0.05, 0) is 24.1 Å². The van der Waals surface area contributed by atoms with E-state index in [2.05, 4.69) is 15.5 Å². The molecule has 2 aliphatic heterocycles. The highest BCUT2D eigenvalue weighted by Crippen LogP contribution is 2.35. The van der Waals surface area contributed by atoms with Gasteiger partial charge < -0.3 is 24.8 Å². The summed E-state index contributed by atoms with van der Waals surface area (Å²) < 4.78 is 16.3. The Balaban J connectivity index is 1.65. The highest BCUT2D eigenvalue weighted by molar-refractivity contribution is 6.35. The SMILES string of the molecule is CCCCNC(=O)C(=O)NCC(c1ccc2c(c1)OCO2)N1CCOCC1. The Morgan fingerprint density at radius 3 is 2.63 bits per heavy atom. The Morgan fingerprint density at radius 2 is 1.85 bits per heavy atom. The number of nitrogens with one attached hydrogen (secondary N) is 2. The monoisotopic (exact) mass is 377 g/mol. The van der Waals surface area contributed by atoms with Crippen LogP contribution in [0.15, 0.2) is 18.2 Å². The number of hydrogen-bond donors (Lipinski definition) is 2. The highest BCUT2D eigenvalue weighted by atomic mass is 16.7. The predicted molar refractivity (Wildman–Crippen MR) is 98.6 cm³/mol. The van der Waals surface area contributed by atoms with E-state index in [1.54, 1.807) is 0 Å². The first-order valence-corrected chi connectivity index (χ1v) is 9.46. The van der Waals surface area contributed by atoms with Gasteiger partial charge >= 0.3 is 11.8 Å². The van der Waals surface area contributed by atoms with E-state index in [1.807, 2.05) is 25.1 Å². The zero-order valence-electron chi connectivity index (χ0n) is 15.7. The van der Waals surface area contributed by atoms with Crippen molar-refractivity contribution < 1.29 is 23.8 Å². The minimum Gasteiger partial charge on any atom is -0.454 e. The number of amides is 2. The predicted octanol–water partition coefficient (Wildman–Crippen LogP) is 0.821. The summed E-state index contributed by atoms with van der Waals surface area (Å²) in [5.74, 6) is 0.230. The van der Waals surface area contributed by atoms with Crippen molar-refractivity contribution in [3.05, 3.63) is 23.8 Å². The van der Waals surface area contributed by atoms with Crippen molar-refractivity contribution in [2.45, 2.75) is 25.8 Å². The lowest BCUT2D eigenvalue weighted by molar-refractivity contribution is -0.139. The molecule has 0 aromatic heterocycles. The maximum absolute atomic E-state index is 12.1. The lowest BCUT2D eigenvalue weighted by Crippen LogP contribution is -2.46. The van der Waals surface area contributed by atoms with Crippen LogP contribution in [0.5, 0.6) is 11.5 Å². The minimum atomic E-state index is -0.606. The lowest BCUT2D eigenvalue weighted by atomic mass is 10.0. The van der Waals surface area contributed by atoms with Gasteiger partial charge in [-0.25, -0.2) is 0 Å². The van der Waals surface area contributed by atoms with Crippen LogP contribution in [0, 0.1) is 0 Å². The Kier molecular flexibility index (Phi) is 6.89. The fourth-order valence-corrected chi connectivity index (χ4v) is 3.20. The molecular weight excluding hydrogens is 350 g/mol. The molecule has 1 fully saturated rings. The second-order valence-electron chi connectivity index (χ2n) is 6.60. The van der Waals surface area contributed by atoms with E-state index in [1.165, 1.54) is 0 Å². The molecule has 1 unspecified atom stereocenters. The number of ether oxygens (including phenoxy) is 3. The molecule has 0 saturated carbocycles. The molecule has 2 heterocycles. The van der Waals surface area contributed by atoms with Gasteiger partial charge in [0.2, 0.25) is 6.79 Å². The van der Waals surface area contributed by atoms with Gasteiger partial charge in [0, 0.05) is 26.2 Å². The molecule has 0 spiro atoms. The number of carbonyl (C=O) groups excluding carboxylic acids is 2. The van der Waals surface area contributed by atoms with Gasteiger partial charge in [-0.2, -0.15) is 0 Å². The summed E-state index contributed by atoms with van der Waals surface area (Å²) in [4.78, 5) is 26.3. The van der Waals surface area contributed by atoms with Crippen molar-refractivity contribution >= 4 is 11.8 Å². The average molecular weight is 377 g/mol. The zero-order chi connectivity index (χ0) is 19.1. The van der Waals surface area contributed by atoms with Crippen molar-refractivity contribution in [3.8, 4) is 11.5 Å². The van der Waals surface area contributed by atoms with Crippen molar-refractivity contribution in [2.75, 3.05) is 46.2 Å². The van der Waals surface area contributed by atoms with E-state index in [4.69, 9.17) is 14.2 Å². The van der Waals surface area contributed by atoms with Gasteiger partial charge in [0.15, 0.2) is 11.5 Å². The number of hydrogen-bond acceptors (Lipinski definition) is 6. The van der Waals surface area contributed by atoms with Gasteiger partial charge in [0.1, 0.15) is 0 Å². The summed E-state index contributed by atoms with van der Waals surface area (Å²) in [6.45, 7) is 5.91. The third-order valence-corrected chi connectivity index (χ3v) is 4.75. The number of fused-ring (bicyclic) bond motifs is 1. The molecule has 2 aliphatic rings. The van der Waals surface area contributed by atoms with Crippen LogP contribution < -0.4 is 20.1 Å². The quantitative estimate of drug-likeness (QED) is 0.540. The molecule has 1 aromatic carbocycles. The lowest BCUT2D eigenvalue weighted by Gasteiger charge is -2.34. The maximum Gasteiger partial charge on any atom is 0.309 e. The molecule has 1 saturated heterocycles. The largest absolute Gasteiger partial charge is 0.454 e. The molecule has 27 heavy (non-hydrogen) atoms. The zero-order valence-corrected chi connectivity index (χ0v) is 15.7. The summed E-state index contributed by atoms with van der Waals surface area (Å²) >= 11 is 0. The van der Waals surface area contributed by atoms with E-state index >= 15 is 0 Å². The molecule has 3 rings (SSSR count). The average Bonchev–Trinajstić information content (AvgIpc) is 3.17. The van der Waals surface area contributed by atoms with Crippen LogP contribution in [-0.2, 0) is 14.3 Å². The topological polar surface area (TPSA) is 89.1 Å². The van der Waals surface area contributed by atoms with Crippen molar-refractivity contribution in [3.63, 3.8) is 0 Å². The maximum atomic E-state index is 12.1. The van der Waals surface area contributed by atoms with Gasteiger partial charge in [0.25, 0.3) is 0 Å². The fourth-order valence-electron chi connectivity index (χ4n) is 3.20. The number of nitrogens with zero attached hydrogens (tertiary/aromatic N) is 1. The van der Waals surface area contributed by atoms with Crippen LogP contribution in [0.3, 0.4) is 0 Å². The third-order valence-electron chi connectivity index (χ3n) is 4.75. The molecule has 2 N–H and O–H groups in total. The molecule has 0 bridgehead atoms. The Morgan fingerprint density at radius 1 is 1.11 bits per heavy atom. The van der Waals surface area contributed by atoms with E-state index in [9.17, 15) is 9.59 Å². The number of morpholine rings is 1. The van der Waals surface area contributed by atoms with Crippen LogP contribution in [0.4, 0.5) is 0 Å². The van der Waals surface area contributed by atoms with Crippen LogP contribution in [0.2, 0.25) is 0 Å². The van der Waals surface area contributed by atoms with E-state index in [0.29, 0.717) is 32.1 Å². The molecule has 8 heteroatoms. The summed E-state index contributed by atoms with van der Waals surface area (Å²) in [5.41, 5.74) is 1.01. The molecular formula is C19H27N3O5. The smallest absolute Gasteiger partial charge is 0.309 e. The number of carbonyl (C=O) groups is 2. The molecule has 1 aromatic rings. The molecule has 2 amide bonds. The summed E-state index contributed by atoms with van der Waals surface area (Å²) in [5, 5.41) is 5.41. The molecule has 8 nitrogen and oxygen atoms in total. The van der Waals surface area contributed by atoms with Crippen LogP contribution in [0.25, 0.3) is 0 Å². The van der Waals surface area contributed by atoms with E-state index in [0.717, 1.165) is 37.2 Å². The van der Waals surface area contributed by atoms with Crippen LogP contribution >= 0.6 is 0 Å². The number of rotatable bonds is 7. The second-order valence-corrected chi connectivity index (χ2v) is 6.60.